The Hall–Kier alpha value is -2.02. The van der Waals surface area contributed by atoms with Gasteiger partial charge in [-0.05, 0) is 36.2 Å². The molecule has 0 saturated carbocycles. The molecule has 1 aromatic heterocycles. The predicted octanol–water partition coefficient (Wildman–Crippen LogP) is 5.36. The molecule has 0 aliphatic rings. The number of aromatic nitrogens is 1. The van der Waals surface area contributed by atoms with E-state index in [1.165, 1.54) is 0 Å². The summed E-state index contributed by atoms with van der Waals surface area (Å²) in [6.45, 7) is 1.98. The van der Waals surface area contributed by atoms with E-state index in [2.05, 4.69) is 11.1 Å². The molecule has 0 aliphatic heterocycles. The monoisotopic (exact) mass is 324 g/mol. The molecule has 0 bridgehead atoms. The smallest absolute Gasteiger partial charge is 0.115 e. The van der Waals surface area contributed by atoms with E-state index in [4.69, 9.17) is 11.6 Å². The molecule has 0 amide bonds. The minimum absolute atomic E-state index is 0.665. The van der Waals surface area contributed by atoms with Crippen molar-refractivity contribution in [2.24, 2.45) is 0 Å². The Kier molecular flexibility index (Phi) is 4.33. The highest BCUT2D eigenvalue weighted by Gasteiger charge is 2.12. The number of hydrogen-bond donors (Lipinski definition) is 0. The Labute approximate surface area is 138 Å². The van der Waals surface area contributed by atoms with Gasteiger partial charge in [0.1, 0.15) is 11.1 Å². The lowest BCUT2D eigenvalue weighted by Gasteiger charge is -2.09. The summed E-state index contributed by atoms with van der Waals surface area (Å²) >= 11 is 7.48. The van der Waals surface area contributed by atoms with Gasteiger partial charge in [0.25, 0.3) is 0 Å². The molecule has 0 unspecified atom stereocenters. The van der Waals surface area contributed by atoms with Crippen LogP contribution in [-0.4, -0.2) is 4.98 Å². The van der Waals surface area contributed by atoms with Gasteiger partial charge in [0.15, 0.2) is 0 Å². The van der Waals surface area contributed by atoms with Crippen molar-refractivity contribution in [2.75, 3.05) is 0 Å². The Morgan fingerprint density at radius 2 is 1.86 bits per heavy atom. The first-order valence-corrected chi connectivity index (χ1v) is 8.22. The van der Waals surface area contributed by atoms with Crippen molar-refractivity contribution in [2.45, 2.75) is 17.7 Å². The van der Waals surface area contributed by atoms with Crippen LogP contribution in [0.2, 0.25) is 5.02 Å². The molecular formula is C18H13ClN2S. The summed E-state index contributed by atoms with van der Waals surface area (Å²) in [5, 5.41) is 12.0. The van der Waals surface area contributed by atoms with E-state index in [0.29, 0.717) is 5.56 Å². The van der Waals surface area contributed by atoms with Gasteiger partial charge in [0.2, 0.25) is 0 Å². The van der Waals surface area contributed by atoms with Crippen LogP contribution >= 0.6 is 23.4 Å². The number of para-hydroxylation sites is 1. The Balaban J connectivity index is 1.96. The van der Waals surface area contributed by atoms with E-state index in [1.54, 1.807) is 11.8 Å². The lowest BCUT2D eigenvalue weighted by atomic mass is 10.1. The van der Waals surface area contributed by atoms with Crippen molar-refractivity contribution >= 4 is 34.3 Å². The van der Waals surface area contributed by atoms with Crippen LogP contribution in [0.15, 0.2) is 53.6 Å². The number of halogens is 1. The average molecular weight is 325 g/mol. The maximum atomic E-state index is 9.47. The van der Waals surface area contributed by atoms with Crippen molar-refractivity contribution in [1.82, 2.24) is 4.98 Å². The van der Waals surface area contributed by atoms with Crippen LogP contribution in [0.4, 0.5) is 0 Å². The lowest BCUT2D eigenvalue weighted by Crippen LogP contribution is -1.94. The first kappa shape index (κ1) is 14.9. The highest BCUT2D eigenvalue weighted by Crippen LogP contribution is 2.30. The number of nitrogens with zero attached hydrogens (tertiary/aromatic N) is 2. The fourth-order valence-electron chi connectivity index (χ4n) is 2.32. The number of hydrogen-bond acceptors (Lipinski definition) is 3. The van der Waals surface area contributed by atoms with Crippen LogP contribution in [0, 0.1) is 18.3 Å². The molecule has 0 aliphatic carbocycles. The number of rotatable bonds is 3. The van der Waals surface area contributed by atoms with Gasteiger partial charge in [-0.2, -0.15) is 5.26 Å². The quantitative estimate of drug-likeness (QED) is 0.608. The van der Waals surface area contributed by atoms with Gasteiger partial charge in [0, 0.05) is 16.2 Å². The molecule has 3 rings (SSSR count). The van der Waals surface area contributed by atoms with E-state index >= 15 is 0 Å². The summed E-state index contributed by atoms with van der Waals surface area (Å²) < 4.78 is 0. The van der Waals surface area contributed by atoms with Crippen molar-refractivity contribution < 1.29 is 0 Å². The summed E-state index contributed by atoms with van der Waals surface area (Å²) in [4.78, 5) is 4.65. The minimum atomic E-state index is 0.665. The number of thioether (sulfide) groups is 1. The van der Waals surface area contributed by atoms with Gasteiger partial charge in [0.05, 0.1) is 11.1 Å². The van der Waals surface area contributed by atoms with E-state index in [-0.39, 0.29) is 0 Å². The topological polar surface area (TPSA) is 36.7 Å². The molecule has 22 heavy (non-hydrogen) atoms. The first-order valence-electron chi connectivity index (χ1n) is 6.85. The van der Waals surface area contributed by atoms with Gasteiger partial charge in [-0.15, -0.1) is 11.8 Å². The number of fused-ring (bicyclic) bond motifs is 1. The molecule has 2 nitrogen and oxygen atoms in total. The summed E-state index contributed by atoms with van der Waals surface area (Å²) in [5.74, 6) is 0.761. The zero-order valence-electron chi connectivity index (χ0n) is 12.0. The SMILES string of the molecule is Cc1c(C#N)c(SCc2ccc(Cl)cc2)nc2ccccc12. The van der Waals surface area contributed by atoms with Gasteiger partial charge in [-0.3, -0.25) is 0 Å². The van der Waals surface area contributed by atoms with Gasteiger partial charge >= 0.3 is 0 Å². The average Bonchev–Trinajstić information content (AvgIpc) is 2.54. The Morgan fingerprint density at radius 1 is 1.14 bits per heavy atom. The lowest BCUT2D eigenvalue weighted by molar-refractivity contribution is 1.13. The van der Waals surface area contributed by atoms with E-state index in [0.717, 1.165) is 37.8 Å². The van der Waals surface area contributed by atoms with E-state index in [9.17, 15) is 5.26 Å². The first-order chi connectivity index (χ1) is 10.7. The molecule has 0 spiro atoms. The molecule has 2 aromatic carbocycles. The number of pyridine rings is 1. The zero-order chi connectivity index (χ0) is 15.5. The van der Waals surface area contributed by atoms with Crippen LogP contribution < -0.4 is 0 Å². The van der Waals surface area contributed by atoms with Crippen molar-refractivity contribution in [1.29, 1.82) is 5.26 Å². The third-order valence-corrected chi connectivity index (χ3v) is 4.82. The molecular weight excluding hydrogens is 312 g/mol. The molecule has 3 aromatic rings. The molecule has 4 heteroatoms. The molecule has 0 radical (unpaired) electrons. The van der Waals surface area contributed by atoms with Crippen LogP contribution in [0.3, 0.4) is 0 Å². The van der Waals surface area contributed by atoms with Crippen LogP contribution in [-0.2, 0) is 5.75 Å². The standard InChI is InChI=1S/C18H13ClN2S/c1-12-15-4-2-3-5-17(15)21-18(16(12)10-20)22-11-13-6-8-14(19)9-7-13/h2-9H,11H2,1H3. The Morgan fingerprint density at radius 3 is 2.59 bits per heavy atom. The highest BCUT2D eigenvalue weighted by atomic mass is 35.5. The summed E-state index contributed by atoms with van der Waals surface area (Å²) in [5.41, 5.74) is 3.74. The second kappa shape index (κ2) is 6.39. The molecule has 0 atom stereocenters. The third-order valence-electron chi connectivity index (χ3n) is 3.52. The predicted molar refractivity (Wildman–Crippen MR) is 92.2 cm³/mol. The van der Waals surface area contributed by atoms with Crippen molar-refractivity contribution in [3.8, 4) is 6.07 Å². The van der Waals surface area contributed by atoms with Crippen molar-refractivity contribution in [3.05, 3.63) is 70.2 Å². The van der Waals surface area contributed by atoms with Crippen LogP contribution in [0.5, 0.6) is 0 Å². The Bertz CT molecular complexity index is 867. The second-order valence-electron chi connectivity index (χ2n) is 4.96. The van der Waals surface area contributed by atoms with Crippen molar-refractivity contribution in [3.63, 3.8) is 0 Å². The molecule has 0 N–H and O–H groups in total. The number of benzene rings is 2. The maximum absolute atomic E-state index is 9.47. The maximum Gasteiger partial charge on any atom is 0.115 e. The van der Waals surface area contributed by atoms with E-state index in [1.807, 2.05) is 55.5 Å². The number of nitriles is 1. The number of aryl methyl sites for hydroxylation is 1. The fourth-order valence-corrected chi connectivity index (χ4v) is 3.44. The highest BCUT2D eigenvalue weighted by molar-refractivity contribution is 7.98. The zero-order valence-corrected chi connectivity index (χ0v) is 13.6. The van der Waals surface area contributed by atoms with Gasteiger partial charge in [-0.25, -0.2) is 4.98 Å². The van der Waals surface area contributed by atoms with E-state index < -0.39 is 0 Å². The summed E-state index contributed by atoms with van der Waals surface area (Å²) in [7, 11) is 0. The second-order valence-corrected chi connectivity index (χ2v) is 6.36. The van der Waals surface area contributed by atoms with Crippen LogP contribution in [0.1, 0.15) is 16.7 Å². The molecule has 0 fully saturated rings. The fraction of sp³-hybridized carbons (Fsp3) is 0.111. The largest absolute Gasteiger partial charge is 0.240 e. The summed E-state index contributed by atoms with van der Waals surface area (Å²) in [6, 6.07) is 18.0. The summed E-state index contributed by atoms with van der Waals surface area (Å²) in [6.07, 6.45) is 0. The minimum Gasteiger partial charge on any atom is -0.240 e. The van der Waals surface area contributed by atoms with Crippen LogP contribution in [0.25, 0.3) is 10.9 Å². The van der Waals surface area contributed by atoms with Gasteiger partial charge < -0.3 is 0 Å². The molecule has 1 heterocycles. The van der Waals surface area contributed by atoms with Gasteiger partial charge in [-0.1, -0.05) is 41.9 Å². The third kappa shape index (κ3) is 2.94. The molecule has 108 valence electrons. The molecule has 0 saturated heterocycles. The normalized spacial score (nSPS) is 10.6.